The van der Waals surface area contributed by atoms with Crippen molar-refractivity contribution >= 4 is 5.97 Å². The van der Waals surface area contributed by atoms with Crippen molar-refractivity contribution in [3.05, 3.63) is 12.3 Å². The first-order valence-electron chi connectivity index (χ1n) is 2.77. The molecule has 50 valence electrons. The number of ether oxygens (including phenoxy) is 1. The Morgan fingerprint density at radius 3 is 2.67 bits per heavy atom. The summed E-state index contributed by atoms with van der Waals surface area (Å²) in [6.07, 6.45) is 2.78. The molecule has 0 amide bonds. The van der Waals surface area contributed by atoms with Gasteiger partial charge in [0.2, 0.25) is 0 Å². The number of rotatable bonds is 1. The summed E-state index contributed by atoms with van der Waals surface area (Å²) >= 11 is 0. The predicted octanol–water partition coefficient (Wildman–Crippen LogP) is 0.620. The molecular weight excluding hydrogens is 120 g/mol. The van der Waals surface area contributed by atoms with E-state index in [4.69, 9.17) is 9.84 Å². The third-order valence-electron chi connectivity index (χ3n) is 1.37. The Balaban J connectivity index is 2.59. The van der Waals surface area contributed by atoms with E-state index in [2.05, 4.69) is 0 Å². The van der Waals surface area contributed by atoms with Gasteiger partial charge in [-0.1, -0.05) is 0 Å². The van der Waals surface area contributed by atoms with Crippen molar-refractivity contribution in [2.75, 3.05) is 0 Å². The van der Waals surface area contributed by atoms with Gasteiger partial charge in [0, 0.05) is 0 Å². The average molecular weight is 128 g/mol. The highest BCUT2D eigenvalue weighted by atomic mass is 16.5. The topological polar surface area (TPSA) is 46.5 Å². The second-order valence-corrected chi connectivity index (χ2v) is 2.03. The molecule has 1 rings (SSSR count). The maximum Gasteiger partial charge on any atom is 0.314 e. The molecule has 9 heavy (non-hydrogen) atoms. The molecular formula is C6H8O3. The van der Waals surface area contributed by atoms with E-state index in [9.17, 15) is 4.79 Å². The minimum absolute atomic E-state index is 0.206. The maximum atomic E-state index is 10.3. The van der Waals surface area contributed by atoms with Crippen molar-refractivity contribution in [1.29, 1.82) is 0 Å². The van der Waals surface area contributed by atoms with Gasteiger partial charge in [-0.2, -0.15) is 0 Å². The molecule has 1 aliphatic heterocycles. The minimum Gasteiger partial charge on any atom is -0.497 e. The van der Waals surface area contributed by atoms with Crippen LogP contribution in [0, 0.1) is 5.92 Å². The molecule has 0 saturated carbocycles. The Labute approximate surface area is 52.9 Å². The molecule has 0 aromatic heterocycles. The van der Waals surface area contributed by atoms with Crippen molar-refractivity contribution in [1.82, 2.24) is 0 Å². The molecule has 1 N–H and O–H groups in total. The van der Waals surface area contributed by atoms with Gasteiger partial charge in [-0.15, -0.1) is 0 Å². The van der Waals surface area contributed by atoms with Crippen molar-refractivity contribution in [2.45, 2.75) is 13.0 Å². The molecule has 1 heterocycles. The lowest BCUT2D eigenvalue weighted by molar-refractivity contribution is -0.142. The van der Waals surface area contributed by atoms with E-state index in [1.54, 1.807) is 13.0 Å². The second-order valence-electron chi connectivity index (χ2n) is 2.03. The van der Waals surface area contributed by atoms with E-state index in [1.807, 2.05) is 0 Å². The van der Waals surface area contributed by atoms with Gasteiger partial charge >= 0.3 is 5.97 Å². The highest BCUT2D eigenvalue weighted by molar-refractivity contribution is 5.73. The smallest absolute Gasteiger partial charge is 0.314 e. The fraction of sp³-hybridized carbons (Fsp3) is 0.500. The summed E-state index contributed by atoms with van der Waals surface area (Å²) < 4.78 is 4.87. The molecule has 0 spiro atoms. The summed E-state index contributed by atoms with van der Waals surface area (Å²) in [6, 6.07) is 0. The fourth-order valence-corrected chi connectivity index (χ4v) is 0.778. The minimum atomic E-state index is -0.823. The molecule has 2 unspecified atom stereocenters. The van der Waals surface area contributed by atoms with E-state index in [0.717, 1.165) is 0 Å². The number of carbonyl (C=O) groups is 1. The van der Waals surface area contributed by atoms with Crippen LogP contribution in [-0.4, -0.2) is 17.2 Å². The molecule has 2 atom stereocenters. The van der Waals surface area contributed by atoms with Crippen LogP contribution in [-0.2, 0) is 9.53 Å². The fourth-order valence-electron chi connectivity index (χ4n) is 0.778. The third-order valence-corrected chi connectivity index (χ3v) is 1.37. The molecule has 3 nitrogen and oxygen atoms in total. The van der Waals surface area contributed by atoms with Crippen LogP contribution in [0.2, 0.25) is 0 Å². The van der Waals surface area contributed by atoms with Crippen LogP contribution < -0.4 is 0 Å². The third kappa shape index (κ3) is 1.04. The Kier molecular flexibility index (Phi) is 1.42. The van der Waals surface area contributed by atoms with E-state index in [0.29, 0.717) is 0 Å². The van der Waals surface area contributed by atoms with Crippen LogP contribution in [0.3, 0.4) is 0 Å². The lowest BCUT2D eigenvalue weighted by atomic mass is 10.1. The quantitative estimate of drug-likeness (QED) is 0.563. The zero-order valence-electron chi connectivity index (χ0n) is 5.07. The zero-order chi connectivity index (χ0) is 6.85. The summed E-state index contributed by atoms with van der Waals surface area (Å²) in [5, 5.41) is 8.45. The van der Waals surface area contributed by atoms with Gasteiger partial charge in [0.15, 0.2) is 0 Å². The Morgan fingerprint density at radius 2 is 2.44 bits per heavy atom. The largest absolute Gasteiger partial charge is 0.497 e. The Morgan fingerprint density at radius 1 is 1.78 bits per heavy atom. The lowest BCUT2D eigenvalue weighted by Gasteiger charge is -2.07. The van der Waals surface area contributed by atoms with E-state index < -0.39 is 11.9 Å². The van der Waals surface area contributed by atoms with Crippen LogP contribution in [0.25, 0.3) is 0 Å². The molecule has 0 saturated heterocycles. The number of aliphatic carboxylic acids is 1. The van der Waals surface area contributed by atoms with Crippen LogP contribution >= 0.6 is 0 Å². The van der Waals surface area contributed by atoms with Crippen molar-refractivity contribution in [3.63, 3.8) is 0 Å². The molecule has 0 radical (unpaired) electrons. The van der Waals surface area contributed by atoms with Crippen LogP contribution in [0.4, 0.5) is 0 Å². The summed E-state index contributed by atoms with van der Waals surface area (Å²) in [5.41, 5.74) is 0. The van der Waals surface area contributed by atoms with Gasteiger partial charge in [0.25, 0.3) is 0 Å². The standard InChI is InChI=1S/C6H8O3/c1-4-5(6(7)8)2-3-9-4/h2-5H,1H3,(H,7,8). The Hall–Kier alpha value is -0.990. The molecule has 0 aromatic carbocycles. The summed E-state index contributed by atoms with van der Waals surface area (Å²) in [5.74, 6) is -1.28. The number of carboxylic acids is 1. The molecule has 1 aliphatic rings. The van der Waals surface area contributed by atoms with Crippen molar-refractivity contribution in [3.8, 4) is 0 Å². The van der Waals surface area contributed by atoms with E-state index in [-0.39, 0.29) is 6.10 Å². The number of carboxylic acid groups (broad SMARTS) is 1. The first-order chi connectivity index (χ1) is 4.22. The van der Waals surface area contributed by atoms with E-state index in [1.165, 1.54) is 6.26 Å². The zero-order valence-corrected chi connectivity index (χ0v) is 5.07. The normalized spacial score (nSPS) is 32.1. The molecule has 0 aromatic rings. The number of hydrogen-bond acceptors (Lipinski definition) is 2. The van der Waals surface area contributed by atoms with Crippen molar-refractivity contribution < 1.29 is 14.6 Å². The van der Waals surface area contributed by atoms with Crippen molar-refractivity contribution in [2.24, 2.45) is 5.92 Å². The first-order valence-corrected chi connectivity index (χ1v) is 2.77. The van der Waals surface area contributed by atoms with Gasteiger partial charge < -0.3 is 9.84 Å². The molecule has 0 fully saturated rings. The van der Waals surface area contributed by atoms with E-state index >= 15 is 0 Å². The highest BCUT2D eigenvalue weighted by Crippen LogP contribution is 2.16. The monoisotopic (exact) mass is 128 g/mol. The van der Waals surface area contributed by atoms with Gasteiger partial charge in [-0.3, -0.25) is 4.79 Å². The van der Waals surface area contributed by atoms with Gasteiger partial charge in [-0.25, -0.2) is 0 Å². The maximum absolute atomic E-state index is 10.3. The van der Waals surface area contributed by atoms with Gasteiger partial charge in [-0.05, 0) is 13.0 Å². The SMILES string of the molecule is CC1OC=CC1C(=O)O. The van der Waals surface area contributed by atoms with Gasteiger partial charge in [0.1, 0.15) is 12.0 Å². The molecule has 3 heteroatoms. The average Bonchev–Trinajstić information content (AvgIpc) is 2.13. The Bertz CT molecular complexity index is 150. The summed E-state index contributed by atoms with van der Waals surface area (Å²) in [7, 11) is 0. The number of hydrogen-bond donors (Lipinski definition) is 1. The summed E-state index contributed by atoms with van der Waals surface area (Å²) in [6.45, 7) is 1.73. The predicted molar refractivity (Wildman–Crippen MR) is 30.8 cm³/mol. The van der Waals surface area contributed by atoms with Crippen LogP contribution in [0.5, 0.6) is 0 Å². The lowest BCUT2D eigenvalue weighted by Crippen LogP contribution is -2.20. The molecule has 0 bridgehead atoms. The highest BCUT2D eigenvalue weighted by Gasteiger charge is 2.26. The molecule has 0 aliphatic carbocycles. The summed E-state index contributed by atoms with van der Waals surface area (Å²) in [4.78, 5) is 10.3. The van der Waals surface area contributed by atoms with Crippen LogP contribution in [0.1, 0.15) is 6.92 Å². The second kappa shape index (κ2) is 2.09. The first kappa shape index (κ1) is 6.13. The van der Waals surface area contributed by atoms with Gasteiger partial charge in [0.05, 0.1) is 6.26 Å². The van der Waals surface area contributed by atoms with Crippen LogP contribution in [0.15, 0.2) is 12.3 Å².